The van der Waals surface area contributed by atoms with E-state index in [-0.39, 0.29) is 13.0 Å². The lowest BCUT2D eigenvalue weighted by Gasteiger charge is -2.40. The van der Waals surface area contributed by atoms with Crippen molar-refractivity contribution < 1.29 is 44.5 Å². The third-order valence-corrected chi connectivity index (χ3v) is 3.26. The molecule has 0 aromatic carbocycles. The van der Waals surface area contributed by atoms with Gasteiger partial charge in [-0.3, -0.25) is 4.79 Å². The van der Waals surface area contributed by atoms with Gasteiger partial charge in [0.05, 0.1) is 13.2 Å². The molecule has 1 aliphatic heterocycles. The lowest BCUT2D eigenvalue weighted by molar-refractivity contribution is -0.315. The van der Waals surface area contributed by atoms with E-state index in [9.17, 15) is 25.2 Å². The molecule has 0 spiro atoms. The molecule has 0 unspecified atom stereocenters. The maximum Gasteiger partial charge on any atom is 0.305 e. The monoisotopic (exact) mass is 324 g/mol. The van der Waals surface area contributed by atoms with Gasteiger partial charge in [0.15, 0.2) is 6.29 Å². The number of aliphatic hydroxyl groups is 5. The van der Waals surface area contributed by atoms with Crippen molar-refractivity contribution in [3.05, 3.63) is 0 Å². The van der Waals surface area contributed by atoms with Crippen molar-refractivity contribution in [1.29, 1.82) is 0 Å². The molecule has 0 saturated carbocycles. The predicted octanol–water partition coefficient (Wildman–Crippen LogP) is -2.49. The molecular weight excluding hydrogens is 300 g/mol. The van der Waals surface area contributed by atoms with Crippen LogP contribution in [0, 0.1) is 0 Å². The number of aliphatic hydroxyl groups excluding tert-OH is 5. The van der Waals surface area contributed by atoms with E-state index in [1.807, 2.05) is 6.92 Å². The average Bonchev–Trinajstić information content (AvgIpc) is 2.51. The topological polar surface area (TPSA) is 146 Å². The van der Waals surface area contributed by atoms with Crippen LogP contribution in [0.1, 0.15) is 19.8 Å². The molecule has 130 valence electrons. The van der Waals surface area contributed by atoms with E-state index in [0.717, 1.165) is 0 Å². The quantitative estimate of drug-likeness (QED) is 0.306. The summed E-state index contributed by atoms with van der Waals surface area (Å²) in [5, 5.41) is 47.3. The number of ether oxygens (including phenoxy) is 3. The maximum absolute atomic E-state index is 11.3. The van der Waals surface area contributed by atoms with Crippen LogP contribution in [0.3, 0.4) is 0 Å². The third-order valence-electron chi connectivity index (χ3n) is 3.26. The van der Waals surface area contributed by atoms with Crippen molar-refractivity contribution in [2.45, 2.75) is 56.6 Å². The summed E-state index contributed by atoms with van der Waals surface area (Å²) in [4.78, 5) is 11.3. The van der Waals surface area contributed by atoms with Crippen LogP contribution < -0.4 is 0 Å². The van der Waals surface area contributed by atoms with Gasteiger partial charge in [-0.15, -0.1) is 0 Å². The Morgan fingerprint density at radius 1 is 1.18 bits per heavy atom. The molecule has 1 heterocycles. The standard InChI is InChI=1S/C13H24O9/c1-2-3-9(16)20-6-7(4-14)21-13-12(19)11(18)10(17)8(5-15)22-13/h7-8,10-15,17-19H,2-6H2,1H3/t7-,8+,10+,11-,12+,13+/m0/s1. The largest absolute Gasteiger partial charge is 0.463 e. The Kier molecular flexibility index (Phi) is 8.18. The number of hydrogen-bond acceptors (Lipinski definition) is 9. The molecule has 22 heavy (non-hydrogen) atoms. The van der Waals surface area contributed by atoms with Crippen LogP contribution in [0.5, 0.6) is 0 Å². The molecule has 0 aromatic rings. The fraction of sp³-hybridized carbons (Fsp3) is 0.923. The SMILES string of the molecule is CCCC(=O)OC[C@H](CO)O[C@@H]1O[C@H](CO)[C@@H](O)[C@H](O)[C@H]1O. The van der Waals surface area contributed by atoms with Crippen molar-refractivity contribution in [2.24, 2.45) is 0 Å². The first-order chi connectivity index (χ1) is 10.4. The molecular formula is C13H24O9. The van der Waals surface area contributed by atoms with Gasteiger partial charge in [-0.05, 0) is 6.42 Å². The zero-order chi connectivity index (χ0) is 16.7. The molecule has 1 rings (SSSR count). The van der Waals surface area contributed by atoms with Gasteiger partial charge in [-0.1, -0.05) is 6.92 Å². The Morgan fingerprint density at radius 3 is 2.41 bits per heavy atom. The summed E-state index contributed by atoms with van der Waals surface area (Å²) in [7, 11) is 0. The van der Waals surface area contributed by atoms with Gasteiger partial charge in [0.1, 0.15) is 37.1 Å². The van der Waals surface area contributed by atoms with E-state index >= 15 is 0 Å². The van der Waals surface area contributed by atoms with Crippen LogP contribution in [-0.4, -0.2) is 88.1 Å². The number of carbonyl (C=O) groups excluding carboxylic acids is 1. The Morgan fingerprint density at radius 2 is 1.86 bits per heavy atom. The summed E-state index contributed by atoms with van der Waals surface area (Å²) < 4.78 is 15.3. The van der Waals surface area contributed by atoms with Crippen LogP contribution in [0.4, 0.5) is 0 Å². The van der Waals surface area contributed by atoms with Gasteiger partial charge in [-0.25, -0.2) is 0 Å². The van der Waals surface area contributed by atoms with Gasteiger partial charge in [0, 0.05) is 6.42 Å². The highest BCUT2D eigenvalue weighted by molar-refractivity contribution is 5.69. The van der Waals surface area contributed by atoms with Crippen molar-refractivity contribution in [1.82, 2.24) is 0 Å². The Bertz CT molecular complexity index is 335. The lowest BCUT2D eigenvalue weighted by atomic mass is 9.99. The fourth-order valence-electron chi connectivity index (χ4n) is 1.97. The summed E-state index contributed by atoms with van der Waals surface area (Å²) >= 11 is 0. The summed E-state index contributed by atoms with van der Waals surface area (Å²) in [5.74, 6) is -0.446. The molecule has 9 heteroatoms. The molecule has 1 fully saturated rings. The van der Waals surface area contributed by atoms with E-state index < -0.39 is 56.0 Å². The van der Waals surface area contributed by atoms with Gasteiger partial charge >= 0.3 is 5.97 Å². The Hall–Kier alpha value is -0.810. The smallest absolute Gasteiger partial charge is 0.305 e. The third kappa shape index (κ3) is 5.13. The second-order valence-electron chi connectivity index (χ2n) is 5.07. The highest BCUT2D eigenvalue weighted by Crippen LogP contribution is 2.22. The number of carbonyl (C=O) groups is 1. The van der Waals surface area contributed by atoms with E-state index in [4.69, 9.17) is 19.3 Å². The molecule has 1 saturated heterocycles. The van der Waals surface area contributed by atoms with Crippen molar-refractivity contribution in [3.63, 3.8) is 0 Å². The van der Waals surface area contributed by atoms with Crippen LogP contribution in [-0.2, 0) is 19.0 Å². The summed E-state index contributed by atoms with van der Waals surface area (Å²) in [6.07, 6.45) is -7.23. The van der Waals surface area contributed by atoms with Crippen molar-refractivity contribution in [3.8, 4) is 0 Å². The number of hydrogen-bond donors (Lipinski definition) is 5. The summed E-state index contributed by atoms with van der Waals surface area (Å²) in [6.45, 7) is 0.480. The van der Waals surface area contributed by atoms with Crippen molar-refractivity contribution >= 4 is 5.97 Å². The van der Waals surface area contributed by atoms with Crippen molar-refractivity contribution in [2.75, 3.05) is 19.8 Å². The first-order valence-corrected chi connectivity index (χ1v) is 7.17. The minimum Gasteiger partial charge on any atom is -0.463 e. The van der Waals surface area contributed by atoms with E-state index in [2.05, 4.69) is 0 Å². The zero-order valence-corrected chi connectivity index (χ0v) is 12.4. The molecule has 0 bridgehead atoms. The molecule has 0 aromatic heterocycles. The number of esters is 1. The molecule has 9 nitrogen and oxygen atoms in total. The van der Waals surface area contributed by atoms with Crippen LogP contribution in [0.15, 0.2) is 0 Å². The molecule has 5 N–H and O–H groups in total. The van der Waals surface area contributed by atoms with Crippen LogP contribution in [0.25, 0.3) is 0 Å². The molecule has 1 aliphatic rings. The molecule has 0 amide bonds. The first-order valence-electron chi connectivity index (χ1n) is 7.17. The van der Waals surface area contributed by atoms with Gasteiger partial charge in [0.25, 0.3) is 0 Å². The second-order valence-corrected chi connectivity index (χ2v) is 5.07. The highest BCUT2D eigenvalue weighted by atomic mass is 16.7. The Labute approximate surface area is 128 Å². The summed E-state index contributed by atoms with van der Waals surface area (Å²) in [5.41, 5.74) is 0. The normalized spacial score (nSPS) is 33.5. The fourth-order valence-corrected chi connectivity index (χ4v) is 1.97. The van der Waals surface area contributed by atoms with Gasteiger partial charge in [0.2, 0.25) is 0 Å². The van der Waals surface area contributed by atoms with E-state index in [1.54, 1.807) is 0 Å². The maximum atomic E-state index is 11.3. The van der Waals surface area contributed by atoms with Crippen LogP contribution >= 0.6 is 0 Å². The average molecular weight is 324 g/mol. The van der Waals surface area contributed by atoms with E-state index in [0.29, 0.717) is 6.42 Å². The highest BCUT2D eigenvalue weighted by Gasteiger charge is 2.44. The minimum atomic E-state index is -1.57. The van der Waals surface area contributed by atoms with Crippen LogP contribution in [0.2, 0.25) is 0 Å². The minimum absolute atomic E-state index is 0.234. The lowest BCUT2D eigenvalue weighted by Crippen LogP contribution is -2.60. The zero-order valence-electron chi connectivity index (χ0n) is 12.4. The van der Waals surface area contributed by atoms with Gasteiger partial charge in [-0.2, -0.15) is 0 Å². The number of rotatable bonds is 8. The van der Waals surface area contributed by atoms with E-state index in [1.165, 1.54) is 0 Å². The second kappa shape index (κ2) is 9.36. The summed E-state index contributed by atoms with van der Waals surface area (Å²) in [6, 6.07) is 0. The first kappa shape index (κ1) is 19.2. The predicted molar refractivity (Wildman–Crippen MR) is 71.6 cm³/mol. The molecule has 0 aliphatic carbocycles. The van der Waals surface area contributed by atoms with Gasteiger partial charge < -0.3 is 39.7 Å². The molecule has 0 radical (unpaired) electrons. The Balaban J connectivity index is 2.55. The molecule has 6 atom stereocenters.